The number of aromatic nitrogens is 2. The van der Waals surface area contributed by atoms with Crippen molar-refractivity contribution >= 4 is 28.5 Å². The van der Waals surface area contributed by atoms with E-state index in [1.165, 1.54) is 24.2 Å². The van der Waals surface area contributed by atoms with Crippen molar-refractivity contribution < 1.29 is 14.3 Å². The Bertz CT molecular complexity index is 517. The number of anilines is 1. The first-order valence-corrected chi connectivity index (χ1v) is 9.04. The zero-order valence-electron chi connectivity index (χ0n) is 13.5. The molecule has 1 aromatic heterocycles. The topological polar surface area (TPSA) is 93.2 Å². The molecule has 2 N–H and O–H groups in total. The largest absolute Gasteiger partial charge is 0.466 e. The summed E-state index contributed by atoms with van der Waals surface area (Å²) in [6.07, 6.45) is 6.49. The number of amides is 2. The third kappa shape index (κ3) is 6.94. The van der Waals surface area contributed by atoms with Crippen molar-refractivity contribution in [3.8, 4) is 0 Å². The van der Waals surface area contributed by atoms with Crippen LogP contribution < -0.4 is 10.6 Å². The fraction of sp³-hybridized carbons (Fsp3) is 0.733. The van der Waals surface area contributed by atoms with Crippen LogP contribution in [0, 0.1) is 0 Å². The normalized spacial score (nSPS) is 13.6. The highest BCUT2D eigenvalue weighted by molar-refractivity contribution is 7.15. The maximum atomic E-state index is 11.7. The Morgan fingerprint density at radius 3 is 2.74 bits per heavy atom. The van der Waals surface area contributed by atoms with Gasteiger partial charge in [0, 0.05) is 18.9 Å². The molecule has 0 bridgehead atoms. The maximum absolute atomic E-state index is 11.7. The Labute approximate surface area is 140 Å². The van der Waals surface area contributed by atoms with E-state index in [1.807, 2.05) is 6.92 Å². The highest BCUT2D eigenvalue weighted by Gasteiger charge is 2.27. The van der Waals surface area contributed by atoms with Gasteiger partial charge in [0.05, 0.1) is 6.61 Å². The Morgan fingerprint density at radius 1 is 1.22 bits per heavy atom. The number of esters is 1. The molecule has 0 saturated heterocycles. The van der Waals surface area contributed by atoms with Crippen LogP contribution in [0.2, 0.25) is 0 Å². The van der Waals surface area contributed by atoms with E-state index in [-0.39, 0.29) is 12.0 Å². The maximum Gasteiger partial charge on any atom is 0.321 e. The van der Waals surface area contributed by atoms with E-state index in [9.17, 15) is 9.59 Å². The molecule has 1 fully saturated rings. The number of hydrogen-bond acceptors (Lipinski definition) is 6. The molecule has 1 saturated carbocycles. The summed E-state index contributed by atoms with van der Waals surface area (Å²) in [6, 6.07) is -0.241. The van der Waals surface area contributed by atoms with E-state index in [1.54, 1.807) is 0 Å². The lowest BCUT2D eigenvalue weighted by Crippen LogP contribution is -2.29. The number of ether oxygens (including phenoxy) is 1. The smallest absolute Gasteiger partial charge is 0.321 e. The third-order valence-electron chi connectivity index (χ3n) is 3.49. The second kappa shape index (κ2) is 9.44. The first kappa shape index (κ1) is 17.7. The molecule has 0 atom stereocenters. The average molecular weight is 340 g/mol. The van der Waals surface area contributed by atoms with Crippen LogP contribution in [0.5, 0.6) is 0 Å². The fourth-order valence-corrected chi connectivity index (χ4v) is 3.01. The molecule has 0 radical (unpaired) electrons. The van der Waals surface area contributed by atoms with Crippen LogP contribution in [0.4, 0.5) is 9.93 Å². The van der Waals surface area contributed by atoms with Crippen molar-refractivity contribution in [2.45, 2.75) is 57.8 Å². The van der Waals surface area contributed by atoms with Gasteiger partial charge in [0.2, 0.25) is 5.13 Å². The number of unbranched alkanes of at least 4 members (excludes halogenated alkanes) is 3. The van der Waals surface area contributed by atoms with E-state index in [0.717, 1.165) is 30.7 Å². The first-order valence-electron chi connectivity index (χ1n) is 8.23. The van der Waals surface area contributed by atoms with E-state index < -0.39 is 0 Å². The summed E-state index contributed by atoms with van der Waals surface area (Å²) in [7, 11) is 0. The third-order valence-corrected chi connectivity index (χ3v) is 4.49. The Morgan fingerprint density at radius 2 is 2.00 bits per heavy atom. The van der Waals surface area contributed by atoms with Crippen LogP contribution >= 0.6 is 11.3 Å². The number of nitrogens with one attached hydrogen (secondary N) is 2. The number of nitrogens with zero attached hydrogens (tertiary/aromatic N) is 2. The molecule has 0 aliphatic heterocycles. The Kier molecular flexibility index (Phi) is 7.25. The van der Waals surface area contributed by atoms with Gasteiger partial charge in [-0.3, -0.25) is 10.1 Å². The van der Waals surface area contributed by atoms with Gasteiger partial charge in [-0.25, -0.2) is 4.79 Å². The van der Waals surface area contributed by atoms with Crippen LogP contribution in [0.3, 0.4) is 0 Å². The minimum Gasteiger partial charge on any atom is -0.466 e. The van der Waals surface area contributed by atoms with E-state index >= 15 is 0 Å². The highest BCUT2D eigenvalue weighted by Crippen LogP contribution is 2.41. The molecule has 2 amide bonds. The molecule has 7 nitrogen and oxygen atoms in total. The molecular weight excluding hydrogens is 316 g/mol. The number of hydrogen-bond donors (Lipinski definition) is 2. The summed E-state index contributed by atoms with van der Waals surface area (Å²) in [4.78, 5) is 22.9. The summed E-state index contributed by atoms with van der Waals surface area (Å²) in [6.45, 7) is 2.86. The van der Waals surface area contributed by atoms with E-state index in [0.29, 0.717) is 30.6 Å². The zero-order valence-corrected chi connectivity index (χ0v) is 14.3. The lowest BCUT2D eigenvalue weighted by atomic mass is 10.1. The van der Waals surface area contributed by atoms with Gasteiger partial charge in [-0.15, -0.1) is 10.2 Å². The standard InChI is InChI=1S/C15H24N4O3S/c1-2-22-12(20)7-5-3-4-6-10-16-14(21)17-15-19-18-13(23-15)11-8-9-11/h11H,2-10H2,1H3,(H2,16,17,19,21). The predicted molar refractivity (Wildman–Crippen MR) is 88.6 cm³/mol. The summed E-state index contributed by atoms with van der Waals surface area (Å²) in [5, 5.41) is 15.1. The lowest BCUT2D eigenvalue weighted by Gasteiger charge is -2.05. The molecule has 0 unspecified atom stereocenters. The van der Waals surface area contributed by atoms with Crippen molar-refractivity contribution in [3.05, 3.63) is 5.01 Å². The second-order valence-corrected chi connectivity index (χ2v) is 6.58. The van der Waals surface area contributed by atoms with Gasteiger partial charge in [0.15, 0.2) is 0 Å². The molecular formula is C15H24N4O3S. The number of carbonyl (C=O) groups is 2. The van der Waals surface area contributed by atoms with Crippen molar-refractivity contribution in [2.75, 3.05) is 18.5 Å². The van der Waals surface area contributed by atoms with Gasteiger partial charge in [-0.1, -0.05) is 24.2 Å². The van der Waals surface area contributed by atoms with Crippen LogP contribution in [0.25, 0.3) is 0 Å². The molecule has 1 aliphatic carbocycles. The number of urea groups is 1. The summed E-state index contributed by atoms with van der Waals surface area (Å²) >= 11 is 1.45. The van der Waals surface area contributed by atoms with Crippen molar-refractivity contribution in [1.29, 1.82) is 0 Å². The highest BCUT2D eigenvalue weighted by atomic mass is 32.1. The molecule has 0 aromatic carbocycles. The quantitative estimate of drug-likeness (QED) is 0.504. The van der Waals surface area contributed by atoms with E-state index in [4.69, 9.17) is 4.74 Å². The summed E-state index contributed by atoms with van der Waals surface area (Å²) in [5.74, 6) is 0.424. The van der Waals surface area contributed by atoms with Crippen molar-refractivity contribution in [3.63, 3.8) is 0 Å². The predicted octanol–water partition coefficient (Wildman–Crippen LogP) is 3.05. The SMILES string of the molecule is CCOC(=O)CCCCCCNC(=O)Nc1nnc(C2CC2)s1. The van der Waals surface area contributed by atoms with Gasteiger partial charge < -0.3 is 10.1 Å². The second-order valence-electron chi connectivity index (χ2n) is 5.57. The number of rotatable bonds is 10. The molecule has 1 heterocycles. The molecule has 23 heavy (non-hydrogen) atoms. The van der Waals surface area contributed by atoms with Gasteiger partial charge in [0.25, 0.3) is 0 Å². The van der Waals surface area contributed by atoms with Crippen LogP contribution in [-0.2, 0) is 9.53 Å². The van der Waals surface area contributed by atoms with Gasteiger partial charge >= 0.3 is 12.0 Å². The molecule has 1 aliphatic rings. The molecule has 2 rings (SSSR count). The minimum absolute atomic E-state index is 0.132. The minimum atomic E-state index is -0.241. The van der Waals surface area contributed by atoms with Crippen molar-refractivity contribution in [1.82, 2.24) is 15.5 Å². The van der Waals surface area contributed by atoms with Crippen LogP contribution in [0.15, 0.2) is 0 Å². The van der Waals surface area contributed by atoms with Gasteiger partial charge in [-0.05, 0) is 32.6 Å². The zero-order chi connectivity index (χ0) is 16.5. The van der Waals surface area contributed by atoms with Crippen LogP contribution in [0.1, 0.15) is 62.8 Å². The van der Waals surface area contributed by atoms with Crippen LogP contribution in [-0.4, -0.2) is 35.3 Å². The monoisotopic (exact) mass is 340 g/mol. The Hall–Kier alpha value is -1.70. The summed E-state index contributed by atoms with van der Waals surface area (Å²) in [5.41, 5.74) is 0. The first-order chi connectivity index (χ1) is 11.2. The van der Waals surface area contributed by atoms with E-state index in [2.05, 4.69) is 20.8 Å². The Balaban J connectivity index is 1.47. The van der Waals surface area contributed by atoms with Gasteiger partial charge in [0.1, 0.15) is 5.01 Å². The molecule has 0 spiro atoms. The molecule has 128 valence electrons. The average Bonchev–Trinajstić information content (AvgIpc) is 3.27. The number of carbonyl (C=O) groups excluding carboxylic acids is 2. The fourth-order valence-electron chi connectivity index (χ4n) is 2.10. The molecule has 1 aromatic rings. The van der Waals surface area contributed by atoms with Crippen molar-refractivity contribution in [2.24, 2.45) is 0 Å². The molecule has 8 heteroatoms. The lowest BCUT2D eigenvalue weighted by molar-refractivity contribution is -0.143. The van der Waals surface area contributed by atoms with Gasteiger partial charge in [-0.2, -0.15) is 0 Å². The summed E-state index contributed by atoms with van der Waals surface area (Å²) < 4.78 is 4.86.